The molecule has 1 fully saturated rings. The number of hydrogen-bond acceptors (Lipinski definition) is 5. The Bertz CT molecular complexity index is 912. The zero-order valence-corrected chi connectivity index (χ0v) is 14.6. The van der Waals surface area contributed by atoms with Crippen LogP contribution in [0.5, 0.6) is 0 Å². The summed E-state index contributed by atoms with van der Waals surface area (Å²) in [6.07, 6.45) is 3.54. The first-order valence-corrected chi connectivity index (χ1v) is 8.67. The Morgan fingerprint density at radius 3 is 2.93 bits per heavy atom. The van der Waals surface area contributed by atoms with E-state index < -0.39 is 29.7 Å². The summed E-state index contributed by atoms with van der Waals surface area (Å²) in [6, 6.07) is -2.26. The normalized spacial score (nSPS) is 23.8. The highest BCUT2D eigenvalue weighted by atomic mass is 19.3. The summed E-state index contributed by atoms with van der Waals surface area (Å²) in [5.74, 6) is -4.35. The molecule has 0 bridgehead atoms. The van der Waals surface area contributed by atoms with Crippen molar-refractivity contribution in [2.75, 3.05) is 5.32 Å². The highest BCUT2D eigenvalue weighted by Gasteiger charge is 2.45. The van der Waals surface area contributed by atoms with Gasteiger partial charge in [-0.1, -0.05) is 0 Å². The van der Waals surface area contributed by atoms with Crippen molar-refractivity contribution in [1.29, 1.82) is 0 Å². The summed E-state index contributed by atoms with van der Waals surface area (Å²) >= 11 is 0. The average Bonchev–Trinajstić information content (AvgIpc) is 3.21. The number of nitrogens with two attached hydrogens (primary N) is 1. The van der Waals surface area contributed by atoms with Crippen molar-refractivity contribution in [3.63, 3.8) is 0 Å². The van der Waals surface area contributed by atoms with Crippen LogP contribution in [0.1, 0.15) is 35.2 Å². The lowest BCUT2D eigenvalue weighted by Gasteiger charge is -2.36. The number of amides is 1. The third-order valence-electron chi connectivity index (χ3n) is 5.13. The van der Waals surface area contributed by atoms with Crippen molar-refractivity contribution in [2.45, 2.75) is 43.8 Å². The fraction of sp³-hybridized carbons (Fsp3) is 0.471. The lowest BCUT2D eigenvalue weighted by atomic mass is 9.87. The maximum absolute atomic E-state index is 15.0. The van der Waals surface area contributed by atoms with Crippen LogP contribution in [0.15, 0.2) is 12.4 Å². The molecule has 1 aliphatic heterocycles. The predicted molar refractivity (Wildman–Crippen MR) is 91.8 cm³/mol. The minimum Gasteiger partial charge on any atom is -0.363 e. The zero-order valence-electron chi connectivity index (χ0n) is 14.6. The van der Waals surface area contributed by atoms with Crippen LogP contribution in [0, 0.1) is 5.82 Å². The first kappa shape index (κ1) is 17.8. The highest BCUT2D eigenvalue weighted by molar-refractivity contribution is 6.04. The number of aryl methyl sites for hydroxylation is 1. The third-order valence-corrected chi connectivity index (χ3v) is 5.13. The quantitative estimate of drug-likeness (QED) is 0.754. The Morgan fingerprint density at radius 1 is 1.44 bits per heavy atom. The lowest BCUT2D eigenvalue weighted by Crippen LogP contribution is -2.55. The number of carbonyl (C=O) groups is 1. The second-order valence-corrected chi connectivity index (χ2v) is 6.99. The lowest BCUT2D eigenvalue weighted by molar-refractivity contribution is -0.0555. The van der Waals surface area contributed by atoms with Crippen LogP contribution in [0.4, 0.5) is 19.0 Å². The first-order valence-electron chi connectivity index (χ1n) is 8.67. The minimum atomic E-state index is -3.02. The standard InChI is InChI=1S/C17H19F3N6O/c1-26-7-8(5-23-26)13-11-9(6-22-16(11)27)12(18)15(25-13)24-10-3-2-4-17(19,20)14(10)21/h5,7,10,14H,2-4,6,21H2,1H3,(H,22,27)(H,24,25). The van der Waals surface area contributed by atoms with Gasteiger partial charge in [0.1, 0.15) is 0 Å². The van der Waals surface area contributed by atoms with E-state index in [-0.39, 0.29) is 42.0 Å². The number of anilines is 1. The molecule has 1 aliphatic carbocycles. The molecular weight excluding hydrogens is 361 g/mol. The van der Waals surface area contributed by atoms with Crippen LogP contribution >= 0.6 is 0 Å². The molecule has 2 aromatic heterocycles. The van der Waals surface area contributed by atoms with Gasteiger partial charge in [-0.2, -0.15) is 5.10 Å². The Kier molecular flexibility index (Phi) is 4.10. The molecule has 2 aliphatic rings. The Labute approximate surface area is 153 Å². The van der Waals surface area contributed by atoms with Gasteiger partial charge >= 0.3 is 0 Å². The fourth-order valence-corrected chi connectivity index (χ4v) is 3.66. The van der Waals surface area contributed by atoms with E-state index in [1.165, 1.54) is 10.9 Å². The van der Waals surface area contributed by atoms with E-state index in [1.807, 2.05) is 0 Å². The minimum absolute atomic E-state index is 0.0113. The SMILES string of the molecule is Cn1cc(-c2nc(NC3CCCC(F)(F)C3N)c(F)c3c2C(=O)NC3)cn1. The average molecular weight is 380 g/mol. The number of carbonyl (C=O) groups excluding carboxylic acids is 1. The van der Waals surface area contributed by atoms with Crippen LogP contribution < -0.4 is 16.4 Å². The number of nitrogens with zero attached hydrogens (tertiary/aromatic N) is 3. The zero-order chi connectivity index (χ0) is 19.3. The topological polar surface area (TPSA) is 97.9 Å². The first-order chi connectivity index (χ1) is 12.8. The van der Waals surface area contributed by atoms with E-state index in [2.05, 4.69) is 20.7 Å². The van der Waals surface area contributed by atoms with E-state index in [4.69, 9.17) is 5.73 Å². The summed E-state index contributed by atoms with van der Waals surface area (Å²) in [5.41, 5.74) is 6.79. The van der Waals surface area contributed by atoms with E-state index in [9.17, 15) is 18.0 Å². The van der Waals surface area contributed by atoms with Gasteiger partial charge < -0.3 is 16.4 Å². The maximum Gasteiger partial charge on any atom is 0.264 e. The second kappa shape index (κ2) is 6.22. The maximum atomic E-state index is 15.0. The number of nitrogens with one attached hydrogen (secondary N) is 2. The molecule has 7 nitrogen and oxygen atoms in total. The van der Waals surface area contributed by atoms with Crippen molar-refractivity contribution >= 4 is 11.7 Å². The molecule has 4 N–H and O–H groups in total. The summed E-state index contributed by atoms with van der Waals surface area (Å²) in [5, 5.41) is 9.39. The molecule has 0 saturated heterocycles. The van der Waals surface area contributed by atoms with Gasteiger partial charge in [0.25, 0.3) is 11.8 Å². The number of hydrogen-bond donors (Lipinski definition) is 3. The van der Waals surface area contributed by atoms with Gasteiger partial charge in [-0.3, -0.25) is 9.48 Å². The third kappa shape index (κ3) is 2.93. The van der Waals surface area contributed by atoms with Crippen molar-refractivity contribution in [1.82, 2.24) is 20.1 Å². The molecule has 10 heteroatoms. The molecule has 0 spiro atoms. The molecule has 1 amide bonds. The van der Waals surface area contributed by atoms with Gasteiger partial charge in [0.2, 0.25) is 0 Å². The molecule has 2 atom stereocenters. The molecule has 27 heavy (non-hydrogen) atoms. The molecule has 0 radical (unpaired) electrons. The number of halogens is 3. The monoisotopic (exact) mass is 380 g/mol. The van der Waals surface area contributed by atoms with Crippen LogP contribution in [-0.4, -0.2) is 38.7 Å². The number of rotatable bonds is 3. The number of fused-ring (bicyclic) bond motifs is 1. The van der Waals surface area contributed by atoms with Crippen LogP contribution in [0.2, 0.25) is 0 Å². The Hall–Kier alpha value is -2.62. The second-order valence-electron chi connectivity index (χ2n) is 6.99. The van der Waals surface area contributed by atoms with Crippen LogP contribution in [0.3, 0.4) is 0 Å². The highest BCUT2D eigenvalue weighted by Crippen LogP contribution is 2.36. The number of pyridine rings is 1. The molecule has 1 saturated carbocycles. The largest absolute Gasteiger partial charge is 0.363 e. The number of alkyl halides is 2. The van der Waals surface area contributed by atoms with Crippen molar-refractivity contribution < 1.29 is 18.0 Å². The van der Waals surface area contributed by atoms with Gasteiger partial charge in [0, 0.05) is 43.4 Å². The summed E-state index contributed by atoms with van der Waals surface area (Å²) in [4.78, 5) is 16.4. The van der Waals surface area contributed by atoms with Gasteiger partial charge in [0.15, 0.2) is 11.6 Å². The van der Waals surface area contributed by atoms with Crippen molar-refractivity contribution in [2.24, 2.45) is 12.8 Å². The molecule has 4 rings (SSSR count). The van der Waals surface area contributed by atoms with E-state index in [0.717, 1.165) is 0 Å². The summed E-state index contributed by atoms with van der Waals surface area (Å²) in [7, 11) is 1.70. The molecule has 2 unspecified atom stereocenters. The van der Waals surface area contributed by atoms with Gasteiger partial charge in [0.05, 0.1) is 23.5 Å². The smallest absolute Gasteiger partial charge is 0.264 e. The van der Waals surface area contributed by atoms with E-state index in [1.54, 1.807) is 13.2 Å². The Morgan fingerprint density at radius 2 is 2.22 bits per heavy atom. The molecule has 144 valence electrons. The van der Waals surface area contributed by atoms with Gasteiger partial charge in [-0.25, -0.2) is 18.2 Å². The fourth-order valence-electron chi connectivity index (χ4n) is 3.66. The van der Waals surface area contributed by atoms with Gasteiger partial charge in [-0.15, -0.1) is 0 Å². The molecule has 2 aromatic rings. The summed E-state index contributed by atoms with van der Waals surface area (Å²) < 4.78 is 44.3. The molecule has 3 heterocycles. The molecular formula is C17H19F3N6O. The molecule has 0 aromatic carbocycles. The number of aromatic nitrogens is 3. The van der Waals surface area contributed by atoms with E-state index >= 15 is 0 Å². The van der Waals surface area contributed by atoms with Crippen LogP contribution in [-0.2, 0) is 13.6 Å². The van der Waals surface area contributed by atoms with Crippen LogP contribution in [0.25, 0.3) is 11.3 Å². The van der Waals surface area contributed by atoms with Crippen molar-refractivity contribution in [3.05, 3.63) is 29.3 Å². The van der Waals surface area contributed by atoms with Crippen molar-refractivity contribution in [3.8, 4) is 11.3 Å². The Balaban J connectivity index is 1.77. The predicted octanol–water partition coefficient (Wildman–Crippen LogP) is 1.79. The van der Waals surface area contributed by atoms with E-state index in [0.29, 0.717) is 12.0 Å². The van der Waals surface area contributed by atoms with Gasteiger partial charge in [-0.05, 0) is 12.8 Å². The summed E-state index contributed by atoms with van der Waals surface area (Å²) in [6.45, 7) is 0.0113.